The molecule has 0 spiro atoms. The smallest absolute Gasteiger partial charge is 0.251 e. The van der Waals surface area contributed by atoms with E-state index in [4.69, 9.17) is 0 Å². The van der Waals surface area contributed by atoms with E-state index in [0.29, 0.717) is 5.56 Å². The highest BCUT2D eigenvalue weighted by Crippen LogP contribution is 2.18. The predicted molar refractivity (Wildman–Crippen MR) is 96.6 cm³/mol. The van der Waals surface area contributed by atoms with Crippen LogP contribution in [0, 0.1) is 0 Å². The van der Waals surface area contributed by atoms with Crippen LogP contribution in [0.5, 0.6) is 0 Å². The zero-order chi connectivity index (χ0) is 18.6. The molecule has 1 N–H and O–H groups in total. The Morgan fingerprint density at radius 3 is 2.48 bits per heavy atom. The minimum absolute atomic E-state index is 0.102. The molecule has 1 aromatic carbocycles. The Morgan fingerprint density at radius 2 is 1.88 bits per heavy atom. The van der Waals surface area contributed by atoms with Crippen LogP contribution in [0.4, 0.5) is 0 Å². The molecule has 25 heavy (non-hydrogen) atoms. The van der Waals surface area contributed by atoms with Crippen LogP contribution in [-0.2, 0) is 10.0 Å². The van der Waals surface area contributed by atoms with Crippen LogP contribution < -0.4 is 5.32 Å². The Labute approximate surface area is 148 Å². The Bertz CT molecular complexity index is 836. The van der Waals surface area contributed by atoms with Gasteiger partial charge in [0.05, 0.1) is 10.9 Å². The van der Waals surface area contributed by atoms with Crippen LogP contribution >= 0.6 is 0 Å². The number of benzene rings is 1. The second kappa shape index (κ2) is 7.76. The van der Waals surface area contributed by atoms with E-state index in [-0.39, 0.29) is 22.9 Å². The lowest BCUT2D eigenvalue weighted by molar-refractivity contribution is 0.0939. The zero-order valence-corrected chi connectivity index (χ0v) is 15.6. The maximum atomic E-state index is 12.6. The number of nitrogens with zero attached hydrogens (tertiary/aromatic N) is 2. The molecule has 0 saturated carbocycles. The SMILES string of the molecule is CC(NC(=O)c1cccc(S(=O)(=O)N(C)C(C)C)c1)c1cccnc1. The lowest BCUT2D eigenvalue weighted by Gasteiger charge is -2.21. The van der Waals surface area contributed by atoms with Gasteiger partial charge in [-0.2, -0.15) is 4.31 Å². The molecule has 0 aliphatic rings. The second-order valence-corrected chi connectivity index (χ2v) is 8.12. The Hall–Kier alpha value is -2.25. The van der Waals surface area contributed by atoms with E-state index >= 15 is 0 Å². The molecule has 1 atom stereocenters. The van der Waals surface area contributed by atoms with E-state index in [1.54, 1.807) is 44.4 Å². The first-order valence-electron chi connectivity index (χ1n) is 8.02. The van der Waals surface area contributed by atoms with Crippen molar-refractivity contribution in [3.63, 3.8) is 0 Å². The first kappa shape index (κ1) is 19.1. The molecule has 0 aliphatic carbocycles. The summed E-state index contributed by atoms with van der Waals surface area (Å²) in [6.07, 6.45) is 3.35. The van der Waals surface area contributed by atoms with E-state index in [1.807, 2.05) is 13.0 Å². The summed E-state index contributed by atoms with van der Waals surface area (Å²) >= 11 is 0. The number of hydrogen-bond donors (Lipinski definition) is 1. The van der Waals surface area contributed by atoms with Gasteiger partial charge in [-0.05, 0) is 50.6 Å². The average Bonchev–Trinajstić information content (AvgIpc) is 2.61. The fourth-order valence-electron chi connectivity index (χ4n) is 2.24. The lowest BCUT2D eigenvalue weighted by atomic mass is 10.1. The average molecular weight is 361 g/mol. The van der Waals surface area contributed by atoms with Crippen molar-refractivity contribution in [2.75, 3.05) is 7.05 Å². The summed E-state index contributed by atoms with van der Waals surface area (Å²) in [4.78, 5) is 16.6. The monoisotopic (exact) mass is 361 g/mol. The van der Waals surface area contributed by atoms with Gasteiger partial charge in [0, 0.05) is 31.0 Å². The number of hydrogen-bond acceptors (Lipinski definition) is 4. The summed E-state index contributed by atoms with van der Waals surface area (Å²) in [6, 6.07) is 9.33. The van der Waals surface area contributed by atoms with Gasteiger partial charge in [0.1, 0.15) is 0 Å². The van der Waals surface area contributed by atoms with Gasteiger partial charge < -0.3 is 5.32 Å². The summed E-state index contributed by atoms with van der Waals surface area (Å²) < 4.78 is 26.4. The van der Waals surface area contributed by atoms with Crippen LogP contribution in [-0.4, -0.2) is 36.7 Å². The van der Waals surface area contributed by atoms with Crippen molar-refractivity contribution in [2.24, 2.45) is 0 Å². The van der Waals surface area contributed by atoms with E-state index < -0.39 is 10.0 Å². The molecule has 2 aromatic rings. The van der Waals surface area contributed by atoms with Gasteiger partial charge in [-0.15, -0.1) is 0 Å². The minimum atomic E-state index is -3.63. The van der Waals surface area contributed by atoms with Crippen molar-refractivity contribution < 1.29 is 13.2 Å². The largest absolute Gasteiger partial charge is 0.345 e. The highest BCUT2D eigenvalue weighted by molar-refractivity contribution is 7.89. The molecule has 7 heteroatoms. The number of nitrogens with one attached hydrogen (secondary N) is 1. The van der Waals surface area contributed by atoms with Gasteiger partial charge in [0.25, 0.3) is 5.91 Å². The number of sulfonamides is 1. The normalized spacial score (nSPS) is 13.0. The Kier molecular flexibility index (Phi) is 5.92. The van der Waals surface area contributed by atoms with Gasteiger partial charge in [-0.1, -0.05) is 12.1 Å². The number of carbonyl (C=O) groups excluding carboxylic acids is 1. The molecule has 0 radical (unpaired) electrons. The Morgan fingerprint density at radius 1 is 1.16 bits per heavy atom. The third-order valence-corrected chi connectivity index (χ3v) is 6.06. The quantitative estimate of drug-likeness (QED) is 0.858. The van der Waals surface area contributed by atoms with Crippen LogP contribution in [0.25, 0.3) is 0 Å². The van der Waals surface area contributed by atoms with Crippen LogP contribution in [0.3, 0.4) is 0 Å². The van der Waals surface area contributed by atoms with E-state index in [9.17, 15) is 13.2 Å². The first-order chi connectivity index (χ1) is 11.7. The third kappa shape index (κ3) is 4.43. The molecule has 0 saturated heterocycles. The number of aromatic nitrogens is 1. The van der Waals surface area contributed by atoms with Crippen molar-refractivity contribution >= 4 is 15.9 Å². The summed E-state index contributed by atoms with van der Waals surface area (Å²) in [6.45, 7) is 5.44. The van der Waals surface area contributed by atoms with Gasteiger partial charge >= 0.3 is 0 Å². The van der Waals surface area contributed by atoms with Gasteiger partial charge in [0.2, 0.25) is 10.0 Å². The summed E-state index contributed by atoms with van der Waals surface area (Å²) in [5.74, 6) is -0.333. The van der Waals surface area contributed by atoms with Crippen LogP contribution in [0.15, 0.2) is 53.7 Å². The standard InChI is InChI=1S/C18H23N3O3S/c1-13(2)21(4)25(23,24)17-9-5-7-15(11-17)18(22)20-14(3)16-8-6-10-19-12-16/h5-14H,1-4H3,(H,20,22). The molecule has 6 nitrogen and oxygen atoms in total. The fraction of sp³-hybridized carbons (Fsp3) is 0.333. The van der Waals surface area contributed by atoms with Gasteiger partial charge in [0.15, 0.2) is 0 Å². The lowest BCUT2D eigenvalue weighted by Crippen LogP contribution is -2.33. The second-order valence-electron chi connectivity index (χ2n) is 6.12. The maximum absolute atomic E-state index is 12.6. The van der Waals surface area contributed by atoms with Crippen molar-refractivity contribution in [1.82, 2.24) is 14.6 Å². The summed E-state index contributed by atoms with van der Waals surface area (Å²) in [7, 11) is -2.11. The molecule has 1 amide bonds. The van der Waals surface area contributed by atoms with Gasteiger partial charge in [-0.3, -0.25) is 9.78 Å². The van der Waals surface area contributed by atoms with E-state index in [2.05, 4.69) is 10.3 Å². The third-order valence-electron chi connectivity index (χ3n) is 4.03. The number of pyridine rings is 1. The molecule has 0 bridgehead atoms. The summed E-state index contributed by atoms with van der Waals surface area (Å²) in [5.41, 5.74) is 1.17. The van der Waals surface area contributed by atoms with Crippen molar-refractivity contribution in [3.05, 3.63) is 59.9 Å². The summed E-state index contributed by atoms with van der Waals surface area (Å²) in [5, 5.41) is 2.86. The first-order valence-corrected chi connectivity index (χ1v) is 9.46. The zero-order valence-electron chi connectivity index (χ0n) is 14.8. The topological polar surface area (TPSA) is 79.4 Å². The van der Waals surface area contributed by atoms with E-state index in [1.165, 1.54) is 23.5 Å². The molecule has 0 fully saturated rings. The highest BCUT2D eigenvalue weighted by Gasteiger charge is 2.24. The van der Waals surface area contributed by atoms with E-state index in [0.717, 1.165) is 5.56 Å². The molecule has 1 unspecified atom stereocenters. The number of amides is 1. The molecule has 2 rings (SSSR count). The molecular weight excluding hydrogens is 338 g/mol. The Balaban J connectivity index is 2.22. The maximum Gasteiger partial charge on any atom is 0.251 e. The molecular formula is C18H23N3O3S. The van der Waals surface area contributed by atoms with Gasteiger partial charge in [-0.25, -0.2) is 8.42 Å². The highest BCUT2D eigenvalue weighted by atomic mass is 32.2. The fourth-order valence-corrected chi connectivity index (χ4v) is 3.65. The molecule has 0 aliphatic heterocycles. The number of rotatable bonds is 6. The predicted octanol–water partition coefficient (Wildman–Crippen LogP) is 2.60. The number of carbonyl (C=O) groups is 1. The molecule has 1 heterocycles. The van der Waals surface area contributed by atoms with Crippen LogP contribution in [0.1, 0.15) is 42.7 Å². The van der Waals surface area contributed by atoms with Crippen molar-refractivity contribution in [1.29, 1.82) is 0 Å². The molecule has 1 aromatic heterocycles. The van der Waals surface area contributed by atoms with Crippen LogP contribution in [0.2, 0.25) is 0 Å². The van der Waals surface area contributed by atoms with Crippen molar-refractivity contribution in [3.8, 4) is 0 Å². The van der Waals surface area contributed by atoms with Crippen molar-refractivity contribution in [2.45, 2.75) is 37.8 Å². The molecule has 134 valence electrons. The minimum Gasteiger partial charge on any atom is -0.345 e.